The van der Waals surface area contributed by atoms with Crippen LogP contribution >= 0.6 is 11.8 Å². The molecule has 0 fully saturated rings. The molecular weight excluding hydrogens is 248 g/mol. The predicted octanol–water partition coefficient (Wildman–Crippen LogP) is 1.40. The second kappa shape index (κ2) is 8.53. The number of amides is 1. The van der Waals surface area contributed by atoms with Crippen LogP contribution in [0, 0.1) is 5.92 Å². The van der Waals surface area contributed by atoms with Crippen LogP contribution < -0.4 is 5.32 Å². The molecule has 0 radical (unpaired) electrons. The predicted molar refractivity (Wildman–Crippen MR) is 77.9 cm³/mol. The zero-order valence-electron chi connectivity index (χ0n) is 12.3. The standard InChI is InChI=1S/C13H26N2O2S/c1-9(2)13(11(4)16)14-12(17)7-15(5)10(3)8-18-6/h9-10,13H,7-8H2,1-6H3,(H,14,17). The van der Waals surface area contributed by atoms with E-state index in [2.05, 4.69) is 18.5 Å². The van der Waals surface area contributed by atoms with Gasteiger partial charge in [-0.2, -0.15) is 11.8 Å². The first-order valence-corrected chi connectivity index (χ1v) is 7.68. The van der Waals surface area contributed by atoms with E-state index in [1.54, 1.807) is 11.8 Å². The fraction of sp³-hybridized carbons (Fsp3) is 0.846. The molecule has 0 saturated carbocycles. The van der Waals surface area contributed by atoms with Gasteiger partial charge >= 0.3 is 0 Å². The Hall–Kier alpha value is -0.550. The SMILES string of the molecule is CSCC(C)N(C)CC(=O)NC(C(C)=O)C(C)C. The average Bonchev–Trinajstić information content (AvgIpc) is 2.25. The molecule has 0 rings (SSSR count). The topological polar surface area (TPSA) is 49.4 Å². The molecule has 0 aliphatic heterocycles. The van der Waals surface area contributed by atoms with E-state index in [4.69, 9.17) is 0 Å². The first-order chi connectivity index (χ1) is 8.29. The quantitative estimate of drug-likeness (QED) is 0.727. The lowest BCUT2D eigenvalue weighted by Crippen LogP contribution is -2.48. The number of rotatable bonds is 8. The lowest BCUT2D eigenvalue weighted by molar-refractivity contribution is -0.128. The minimum atomic E-state index is -0.373. The smallest absolute Gasteiger partial charge is 0.234 e. The molecule has 0 spiro atoms. The van der Waals surface area contributed by atoms with E-state index < -0.39 is 0 Å². The normalized spacial score (nSPS) is 14.7. The van der Waals surface area contributed by atoms with Crippen LogP contribution in [0.25, 0.3) is 0 Å². The van der Waals surface area contributed by atoms with E-state index in [1.807, 2.05) is 25.8 Å². The van der Waals surface area contributed by atoms with Gasteiger partial charge in [0.25, 0.3) is 0 Å². The number of ketones is 1. The summed E-state index contributed by atoms with van der Waals surface area (Å²) in [7, 11) is 1.93. The summed E-state index contributed by atoms with van der Waals surface area (Å²) < 4.78 is 0. The number of carbonyl (C=O) groups excluding carboxylic acids is 2. The molecule has 18 heavy (non-hydrogen) atoms. The number of thioether (sulfide) groups is 1. The summed E-state index contributed by atoms with van der Waals surface area (Å²) in [6.45, 7) is 7.82. The fourth-order valence-corrected chi connectivity index (χ4v) is 2.44. The molecule has 2 atom stereocenters. The van der Waals surface area contributed by atoms with Crippen molar-refractivity contribution in [2.75, 3.05) is 25.6 Å². The second-order valence-electron chi connectivity index (χ2n) is 5.12. The summed E-state index contributed by atoms with van der Waals surface area (Å²) in [6, 6.07) is -0.0256. The highest BCUT2D eigenvalue weighted by Crippen LogP contribution is 2.05. The van der Waals surface area contributed by atoms with Gasteiger partial charge in [0.15, 0.2) is 5.78 Å². The van der Waals surface area contributed by atoms with Crippen molar-refractivity contribution in [1.29, 1.82) is 0 Å². The van der Waals surface area contributed by atoms with Gasteiger partial charge in [0, 0.05) is 11.8 Å². The number of hydrogen-bond acceptors (Lipinski definition) is 4. The van der Waals surface area contributed by atoms with Crippen molar-refractivity contribution in [2.45, 2.75) is 39.8 Å². The van der Waals surface area contributed by atoms with Crippen molar-refractivity contribution in [3.63, 3.8) is 0 Å². The number of hydrogen-bond donors (Lipinski definition) is 1. The highest BCUT2D eigenvalue weighted by Gasteiger charge is 2.21. The van der Waals surface area contributed by atoms with Crippen LogP contribution in [0.2, 0.25) is 0 Å². The van der Waals surface area contributed by atoms with Crippen molar-refractivity contribution in [2.24, 2.45) is 5.92 Å². The molecule has 0 aliphatic carbocycles. The van der Waals surface area contributed by atoms with E-state index in [1.165, 1.54) is 6.92 Å². The monoisotopic (exact) mass is 274 g/mol. The van der Waals surface area contributed by atoms with Gasteiger partial charge in [-0.3, -0.25) is 14.5 Å². The maximum atomic E-state index is 11.9. The molecule has 1 N–H and O–H groups in total. The average molecular weight is 274 g/mol. The van der Waals surface area contributed by atoms with Crippen molar-refractivity contribution in [3.8, 4) is 0 Å². The Bertz CT molecular complexity index is 282. The Morgan fingerprint density at radius 2 is 1.83 bits per heavy atom. The molecule has 4 nitrogen and oxygen atoms in total. The summed E-state index contributed by atoms with van der Waals surface area (Å²) in [6.07, 6.45) is 2.05. The number of nitrogens with zero attached hydrogens (tertiary/aromatic N) is 1. The summed E-state index contributed by atoms with van der Waals surface area (Å²) in [5, 5.41) is 2.81. The summed E-state index contributed by atoms with van der Waals surface area (Å²) in [5.41, 5.74) is 0. The lowest BCUT2D eigenvalue weighted by atomic mass is 10.0. The molecular formula is C13H26N2O2S. The van der Waals surface area contributed by atoms with Crippen LogP contribution in [-0.2, 0) is 9.59 Å². The van der Waals surface area contributed by atoms with Gasteiger partial charge in [-0.25, -0.2) is 0 Å². The molecule has 0 aromatic rings. The highest BCUT2D eigenvalue weighted by molar-refractivity contribution is 7.98. The van der Waals surface area contributed by atoms with E-state index in [0.29, 0.717) is 12.6 Å². The Kier molecular flexibility index (Phi) is 8.27. The molecule has 0 bridgehead atoms. The molecule has 0 aromatic heterocycles. The summed E-state index contributed by atoms with van der Waals surface area (Å²) in [4.78, 5) is 25.3. The number of carbonyl (C=O) groups is 2. The van der Waals surface area contributed by atoms with Gasteiger partial charge in [0.1, 0.15) is 0 Å². The Labute approximate surface area is 115 Å². The van der Waals surface area contributed by atoms with E-state index >= 15 is 0 Å². The van der Waals surface area contributed by atoms with Crippen LogP contribution in [0.4, 0.5) is 0 Å². The van der Waals surface area contributed by atoms with E-state index in [0.717, 1.165) is 5.75 Å². The molecule has 5 heteroatoms. The number of nitrogens with one attached hydrogen (secondary N) is 1. The van der Waals surface area contributed by atoms with Crippen LogP contribution in [0.3, 0.4) is 0 Å². The van der Waals surface area contributed by atoms with Crippen LogP contribution in [-0.4, -0.2) is 54.3 Å². The summed E-state index contributed by atoms with van der Waals surface area (Å²) >= 11 is 1.76. The molecule has 0 aromatic carbocycles. The molecule has 0 saturated heterocycles. The zero-order valence-corrected chi connectivity index (χ0v) is 13.1. The molecule has 0 heterocycles. The van der Waals surface area contributed by atoms with Gasteiger partial charge < -0.3 is 5.32 Å². The third-order valence-corrected chi connectivity index (χ3v) is 3.79. The third kappa shape index (κ3) is 6.40. The van der Waals surface area contributed by atoms with Crippen molar-refractivity contribution >= 4 is 23.5 Å². The Morgan fingerprint density at radius 1 is 1.28 bits per heavy atom. The number of likely N-dealkylation sites (N-methyl/N-ethyl adjacent to an activating group) is 1. The first-order valence-electron chi connectivity index (χ1n) is 6.28. The largest absolute Gasteiger partial charge is 0.345 e. The van der Waals surface area contributed by atoms with Gasteiger partial charge in [0.05, 0.1) is 12.6 Å². The number of Topliss-reactive ketones (excluding diaryl/α,β-unsaturated/α-hetero) is 1. The zero-order chi connectivity index (χ0) is 14.3. The fourth-order valence-electron chi connectivity index (χ4n) is 1.71. The first kappa shape index (κ1) is 17.4. The third-order valence-electron chi connectivity index (χ3n) is 2.97. The van der Waals surface area contributed by atoms with Gasteiger partial charge in [-0.05, 0) is 33.1 Å². The molecule has 2 unspecified atom stereocenters. The molecule has 106 valence electrons. The van der Waals surface area contributed by atoms with Crippen molar-refractivity contribution < 1.29 is 9.59 Å². The van der Waals surface area contributed by atoms with Gasteiger partial charge in [-0.15, -0.1) is 0 Å². The maximum absolute atomic E-state index is 11.9. The summed E-state index contributed by atoms with van der Waals surface area (Å²) in [5.74, 6) is 1.04. The van der Waals surface area contributed by atoms with Gasteiger partial charge in [-0.1, -0.05) is 13.8 Å². The van der Waals surface area contributed by atoms with Gasteiger partial charge in [0.2, 0.25) is 5.91 Å². The Balaban J connectivity index is 4.28. The van der Waals surface area contributed by atoms with Crippen LogP contribution in [0.15, 0.2) is 0 Å². The maximum Gasteiger partial charge on any atom is 0.234 e. The lowest BCUT2D eigenvalue weighted by Gasteiger charge is -2.25. The van der Waals surface area contributed by atoms with Crippen molar-refractivity contribution in [1.82, 2.24) is 10.2 Å². The molecule has 0 aliphatic rings. The minimum Gasteiger partial charge on any atom is -0.345 e. The van der Waals surface area contributed by atoms with E-state index in [9.17, 15) is 9.59 Å². The molecule has 1 amide bonds. The second-order valence-corrected chi connectivity index (χ2v) is 6.03. The minimum absolute atomic E-state index is 0.0122. The highest BCUT2D eigenvalue weighted by atomic mass is 32.2. The van der Waals surface area contributed by atoms with Crippen molar-refractivity contribution in [3.05, 3.63) is 0 Å². The van der Waals surface area contributed by atoms with Crippen LogP contribution in [0.5, 0.6) is 0 Å². The Morgan fingerprint density at radius 3 is 2.22 bits per heavy atom. The van der Waals surface area contributed by atoms with Crippen LogP contribution in [0.1, 0.15) is 27.7 Å². The van der Waals surface area contributed by atoms with E-state index in [-0.39, 0.29) is 23.7 Å².